The molecule has 1 saturated carbocycles. The van der Waals surface area contributed by atoms with Crippen LogP contribution in [0.25, 0.3) is 0 Å². The van der Waals surface area contributed by atoms with E-state index in [0.29, 0.717) is 11.2 Å². The van der Waals surface area contributed by atoms with E-state index in [0.717, 1.165) is 5.69 Å². The Bertz CT molecular complexity index is 312. The van der Waals surface area contributed by atoms with Gasteiger partial charge in [0.15, 0.2) is 5.15 Å². The number of anilines is 1. The van der Waals surface area contributed by atoms with Gasteiger partial charge in [-0.1, -0.05) is 11.6 Å². The standard InChI is InChI=1S/C8H9Cl2N3/c9-7-6(4-11-8(10)13-7)12-5-2-1-3-5/h4-5,12H,1-3H2. The molecule has 5 heteroatoms. The van der Waals surface area contributed by atoms with E-state index in [1.165, 1.54) is 19.3 Å². The Morgan fingerprint density at radius 3 is 2.69 bits per heavy atom. The molecular formula is C8H9Cl2N3. The van der Waals surface area contributed by atoms with E-state index < -0.39 is 0 Å². The van der Waals surface area contributed by atoms with Crippen LogP contribution in [-0.2, 0) is 0 Å². The first-order chi connectivity index (χ1) is 6.25. The van der Waals surface area contributed by atoms with Gasteiger partial charge in [-0.25, -0.2) is 9.97 Å². The van der Waals surface area contributed by atoms with E-state index in [9.17, 15) is 0 Å². The van der Waals surface area contributed by atoms with E-state index >= 15 is 0 Å². The van der Waals surface area contributed by atoms with Crippen LogP contribution in [0.4, 0.5) is 5.69 Å². The molecule has 0 saturated heterocycles. The number of hydrogen-bond acceptors (Lipinski definition) is 3. The van der Waals surface area contributed by atoms with Crippen molar-refractivity contribution in [2.24, 2.45) is 0 Å². The molecule has 0 unspecified atom stereocenters. The molecule has 1 fully saturated rings. The Labute approximate surface area is 86.5 Å². The predicted molar refractivity (Wildman–Crippen MR) is 53.3 cm³/mol. The molecule has 3 nitrogen and oxygen atoms in total. The summed E-state index contributed by atoms with van der Waals surface area (Å²) in [5.74, 6) is 0. The lowest BCUT2D eigenvalue weighted by Gasteiger charge is -2.27. The van der Waals surface area contributed by atoms with Crippen LogP contribution in [0, 0.1) is 0 Å². The minimum Gasteiger partial charge on any atom is -0.379 e. The van der Waals surface area contributed by atoms with Crippen LogP contribution in [0.3, 0.4) is 0 Å². The van der Waals surface area contributed by atoms with Gasteiger partial charge in [-0.2, -0.15) is 0 Å². The molecule has 0 aliphatic heterocycles. The quantitative estimate of drug-likeness (QED) is 0.612. The van der Waals surface area contributed by atoms with Gasteiger partial charge in [-0.05, 0) is 30.9 Å². The molecule has 0 bridgehead atoms. The molecule has 1 N–H and O–H groups in total. The molecule has 0 radical (unpaired) electrons. The minimum absolute atomic E-state index is 0.184. The van der Waals surface area contributed by atoms with E-state index in [4.69, 9.17) is 23.2 Å². The van der Waals surface area contributed by atoms with Crippen LogP contribution in [0.5, 0.6) is 0 Å². The maximum Gasteiger partial charge on any atom is 0.223 e. The lowest BCUT2D eigenvalue weighted by Crippen LogP contribution is -2.27. The summed E-state index contributed by atoms with van der Waals surface area (Å²) in [4.78, 5) is 7.70. The fourth-order valence-electron chi connectivity index (χ4n) is 1.21. The first-order valence-electron chi connectivity index (χ1n) is 4.20. The fourth-order valence-corrected chi connectivity index (χ4v) is 1.57. The predicted octanol–water partition coefficient (Wildman–Crippen LogP) is 2.75. The monoisotopic (exact) mass is 217 g/mol. The average Bonchev–Trinajstić information content (AvgIpc) is 1.99. The van der Waals surface area contributed by atoms with Crippen molar-refractivity contribution in [3.8, 4) is 0 Å². The second-order valence-electron chi connectivity index (χ2n) is 3.12. The average molecular weight is 218 g/mol. The molecule has 2 rings (SSSR count). The number of nitrogens with one attached hydrogen (secondary N) is 1. The minimum atomic E-state index is 0.184. The molecule has 1 aliphatic carbocycles. The molecule has 1 aromatic rings. The van der Waals surface area contributed by atoms with Gasteiger partial charge in [0.25, 0.3) is 0 Å². The van der Waals surface area contributed by atoms with Crippen molar-refractivity contribution >= 4 is 28.9 Å². The highest BCUT2D eigenvalue weighted by Gasteiger charge is 2.18. The van der Waals surface area contributed by atoms with Gasteiger partial charge in [0.05, 0.1) is 11.9 Å². The van der Waals surface area contributed by atoms with Crippen LogP contribution in [0.1, 0.15) is 19.3 Å². The molecule has 1 heterocycles. The molecular weight excluding hydrogens is 209 g/mol. The van der Waals surface area contributed by atoms with Crippen LogP contribution >= 0.6 is 23.2 Å². The van der Waals surface area contributed by atoms with Gasteiger partial charge < -0.3 is 5.32 Å². The zero-order valence-electron chi connectivity index (χ0n) is 6.93. The zero-order valence-corrected chi connectivity index (χ0v) is 8.44. The molecule has 0 atom stereocenters. The Morgan fingerprint density at radius 2 is 2.15 bits per heavy atom. The van der Waals surface area contributed by atoms with Crippen molar-refractivity contribution in [1.82, 2.24) is 9.97 Å². The second kappa shape index (κ2) is 3.68. The number of nitrogens with zero attached hydrogens (tertiary/aromatic N) is 2. The summed E-state index contributed by atoms with van der Waals surface area (Å²) in [7, 11) is 0. The lowest BCUT2D eigenvalue weighted by atomic mass is 9.93. The van der Waals surface area contributed by atoms with Gasteiger partial charge >= 0.3 is 0 Å². The largest absolute Gasteiger partial charge is 0.379 e. The molecule has 0 amide bonds. The highest BCUT2D eigenvalue weighted by Crippen LogP contribution is 2.26. The van der Waals surface area contributed by atoms with E-state index in [-0.39, 0.29) is 5.28 Å². The summed E-state index contributed by atoms with van der Waals surface area (Å²) in [5, 5.41) is 3.84. The smallest absolute Gasteiger partial charge is 0.223 e. The third-order valence-electron chi connectivity index (χ3n) is 2.18. The van der Waals surface area contributed by atoms with Crippen LogP contribution in [0.15, 0.2) is 6.20 Å². The molecule has 0 aromatic carbocycles. The van der Waals surface area contributed by atoms with E-state index in [1.807, 2.05) is 0 Å². The Balaban J connectivity index is 2.10. The first-order valence-corrected chi connectivity index (χ1v) is 4.96. The molecule has 70 valence electrons. The van der Waals surface area contributed by atoms with Gasteiger partial charge in [-0.15, -0.1) is 0 Å². The molecule has 1 aliphatic rings. The SMILES string of the molecule is Clc1ncc(NC2CCC2)c(Cl)n1. The molecule has 1 aromatic heterocycles. The summed E-state index contributed by atoms with van der Waals surface area (Å²) < 4.78 is 0. The second-order valence-corrected chi connectivity index (χ2v) is 3.81. The van der Waals surface area contributed by atoms with Crippen molar-refractivity contribution in [2.45, 2.75) is 25.3 Å². The topological polar surface area (TPSA) is 37.8 Å². The summed E-state index contributed by atoms with van der Waals surface area (Å²) in [6.07, 6.45) is 5.29. The highest BCUT2D eigenvalue weighted by molar-refractivity contribution is 6.33. The molecule has 13 heavy (non-hydrogen) atoms. The Morgan fingerprint density at radius 1 is 1.38 bits per heavy atom. The number of aromatic nitrogens is 2. The summed E-state index contributed by atoms with van der Waals surface area (Å²) in [6.45, 7) is 0. The number of rotatable bonds is 2. The van der Waals surface area contributed by atoms with Crippen molar-refractivity contribution in [1.29, 1.82) is 0 Å². The first kappa shape index (κ1) is 9.03. The van der Waals surface area contributed by atoms with Crippen molar-refractivity contribution in [3.05, 3.63) is 16.6 Å². The normalized spacial score (nSPS) is 16.8. The Hall–Kier alpha value is -0.540. The Kier molecular flexibility index (Phi) is 2.56. The fraction of sp³-hybridized carbons (Fsp3) is 0.500. The maximum atomic E-state index is 5.86. The van der Waals surface area contributed by atoms with Gasteiger partial charge in [0.1, 0.15) is 0 Å². The van der Waals surface area contributed by atoms with Gasteiger partial charge in [0.2, 0.25) is 5.28 Å². The van der Waals surface area contributed by atoms with Gasteiger partial charge in [-0.3, -0.25) is 0 Å². The summed E-state index contributed by atoms with van der Waals surface area (Å²) in [5.41, 5.74) is 0.774. The van der Waals surface area contributed by atoms with E-state index in [2.05, 4.69) is 15.3 Å². The van der Waals surface area contributed by atoms with Crippen LogP contribution < -0.4 is 5.32 Å². The van der Waals surface area contributed by atoms with Crippen molar-refractivity contribution < 1.29 is 0 Å². The lowest BCUT2D eigenvalue weighted by molar-refractivity contribution is 0.445. The van der Waals surface area contributed by atoms with Crippen LogP contribution in [-0.4, -0.2) is 16.0 Å². The maximum absolute atomic E-state index is 5.86. The number of halogens is 2. The molecule has 0 spiro atoms. The third-order valence-corrected chi connectivity index (χ3v) is 2.65. The zero-order chi connectivity index (χ0) is 9.26. The summed E-state index contributed by atoms with van der Waals surface area (Å²) in [6, 6.07) is 0.530. The van der Waals surface area contributed by atoms with E-state index in [1.54, 1.807) is 6.20 Å². The van der Waals surface area contributed by atoms with Gasteiger partial charge in [0, 0.05) is 6.04 Å². The van der Waals surface area contributed by atoms with Crippen molar-refractivity contribution in [2.75, 3.05) is 5.32 Å². The third kappa shape index (κ3) is 2.03. The van der Waals surface area contributed by atoms with Crippen molar-refractivity contribution in [3.63, 3.8) is 0 Å². The highest BCUT2D eigenvalue weighted by atomic mass is 35.5. The number of hydrogen-bond donors (Lipinski definition) is 1. The summed E-state index contributed by atoms with van der Waals surface area (Å²) >= 11 is 11.4. The van der Waals surface area contributed by atoms with Crippen LogP contribution in [0.2, 0.25) is 10.4 Å².